The summed E-state index contributed by atoms with van der Waals surface area (Å²) in [6, 6.07) is 4.22. The molecule has 238 valence electrons. The monoisotopic (exact) mass is 595 g/mol. The van der Waals surface area contributed by atoms with Crippen molar-refractivity contribution in [3.8, 4) is 11.5 Å². The molecule has 0 saturated carbocycles. The molecule has 1 rings (SSSR count). The van der Waals surface area contributed by atoms with Crippen molar-refractivity contribution in [3.05, 3.63) is 23.8 Å². The van der Waals surface area contributed by atoms with Crippen molar-refractivity contribution in [1.82, 2.24) is 0 Å². The molecule has 0 heterocycles. The molecule has 42 heavy (non-hydrogen) atoms. The standard InChI is InChI=1S/C31H49NO10/c1-10-13-19(4)38-28(36)41-24-16-15-23(17-25(24)42-29(37)39-20(5)14-11-2)18-31(32,26(33)34)21(6)22(7)40-27(35)30(8,9)12-3/h15-17,19-22H,10-14,18,32H2,1-9H3,(H,33,34)/t19?,20?,21-,22+,31-/m1/s1. The number of carboxylic acid groups (broad SMARTS) is 1. The van der Waals surface area contributed by atoms with Gasteiger partial charge in [-0.05, 0) is 71.6 Å². The highest BCUT2D eigenvalue weighted by molar-refractivity contribution is 5.80. The van der Waals surface area contributed by atoms with Gasteiger partial charge < -0.3 is 34.5 Å². The number of carbonyl (C=O) groups is 4. The van der Waals surface area contributed by atoms with Crippen LogP contribution in [0.25, 0.3) is 0 Å². The maximum atomic E-state index is 12.6. The van der Waals surface area contributed by atoms with Gasteiger partial charge in [-0.3, -0.25) is 9.59 Å². The fraction of sp³-hybridized carbons (Fsp3) is 0.677. The first-order valence-electron chi connectivity index (χ1n) is 14.6. The summed E-state index contributed by atoms with van der Waals surface area (Å²) in [7, 11) is 0. The number of hydrogen-bond acceptors (Lipinski definition) is 10. The molecule has 11 heteroatoms. The van der Waals surface area contributed by atoms with Gasteiger partial charge in [0.2, 0.25) is 0 Å². The van der Waals surface area contributed by atoms with E-state index in [1.165, 1.54) is 18.2 Å². The van der Waals surface area contributed by atoms with Gasteiger partial charge in [-0.1, -0.05) is 46.6 Å². The van der Waals surface area contributed by atoms with Gasteiger partial charge in [-0.15, -0.1) is 0 Å². The van der Waals surface area contributed by atoms with Crippen molar-refractivity contribution in [2.45, 2.75) is 125 Å². The highest BCUT2D eigenvalue weighted by Gasteiger charge is 2.44. The highest BCUT2D eigenvalue weighted by atomic mass is 16.7. The van der Waals surface area contributed by atoms with Gasteiger partial charge in [-0.25, -0.2) is 9.59 Å². The zero-order valence-electron chi connectivity index (χ0n) is 26.5. The van der Waals surface area contributed by atoms with E-state index in [1.807, 2.05) is 20.8 Å². The molecule has 1 aromatic carbocycles. The average molecular weight is 596 g/mol. The van der Waals surface area contributed by atoms with Crippen LogP contribution in [0.5, 0.6) is 11.5 Å². The zero-order chi connectivity index (χ0) is 32.3. The molecule has 0 fully saturated rings. The third kappa shape index (κ3) is 10.8. The molecule has 0 amide bonds. The lowest BCUT2D eigenvalue weighted by Gasteiger charge is -2.36. The Hall–Kier alpha value is -3.34. The Morgan fingerprint density at radius 1 is 0.833 bits per heavy atom. The van der Waals surface area contributed by atoms with Crippen LogP contribution in [0.3, 0.4) is 0 Å². The smallest absolute Gasteiger partial charge is 0.480 e. The molecular weight excluding hydrogens is 546 g/mol. The molecule has 5 atom stereocenters. The number of carboxylic acids is 1. The lowest BCUT2D eigenvalue weighted by atomic mass is 9.78. The maximum absolute atomic E-state index is 12.6. The lowest BCUT2D eigenvalue weighted by molar-refractivity contribution is -0.165. The summed E-state index contributed by atoms with van der Waals surface area (Å²) in [6.07, 6.45) is -0.473. The molecule has 0 aromatic heterocycles. The number of aliphatic carboxylic acids is 1. The van der Waals surface area contributed by atoms with Crippen molar-refractivity contribution >= 4 is 24.2 Å². The molecule has 0 aliphatic heterocycles. The van der Waals surface area contributed by atoms with Crippen LogP contribution in [0.15, 0.2) is 18.2 Å². The molecule has 11 nitrogen and oxygen atoms in total. The van der Waals surface area contributed by atoms with Gasteiger partial charge in [0.15, 0.2) is 11.5 Å². The maximum Gasteiger partial charge on any atom is 0.514 e. The second-order valence-corrected chi connectivity index (χ2v) is 11.6. The summed E-state index contributed by atoms with van der Waals surface area (Å²) in [5.41, 5.74) is 4.21. The Kier molecular flexibility index (Phi) is 14.3. The first-order chi connectivity index (χ1) is 19.5. The van der Waals surface area contributed by atoms with Crippen LogP contribution in [-0.4, -0.2) is 53.2 Å². The number of esters is 1. The third-order valence-corrected chi connectivity index (χ3v) is 7.52. The normalized spacial score (nSPS) is 15.8. The Labute approximate surface area is 249 Å². The minimum atomic E-state index is -1.87. The summed E-state index contributed by atoms with van der Waals surface area (Å²) in [5, 5.41) is 10.2. The zero-order valence-corrected chi connectivity index (χ0v) is 26.5. The Morgan fingerprint density at radius 2 is 1.33 bits per heavy atom. The molecule has 0 aliphatic carbocycles. The van der Waals surface area contributed by atoms with E-state index >= 15 is 0 Å². The highest BCUT2D eigenvalue weighted by Crippen LogP contribution is 2.33. The Balaban J connectivity index is 3.33. The average Bonchev–Trinajstić information content (AvgIpc) is 2.89. The molecule has 2 unspecified atom stereocenters. The van der Waals surface area contributed by atoms with E-state index < -0.39 is 53.3 Å². The van der Waals surface area contributed by atoms with E-state index in [0.717, 1.165) is 12.8 Å². The van der Waals surface area contributed by atoms with Crippen LogP contribution >= 0.6 is 0 Å². The third-order valence-electron chi connectivity index (χ3n) is 7.52. The molecule has 0 saturated heterocycles. The van der Waals surface area contributed by atoms with Gasteiger partial charge in [0.05, 0.1) is 5.41 Å². The van der Waals surface area contributed by atoms with E-state index in [2.05, 4.69) is 0 Å². The van der Waals surface area contributed by atoms with E-state index in [0.29, 0.717) is 24.8 Å². The number of nitrogens with two attached hydrogens (primary N) is 1. The van der Waals surface area contributed by atoms with Crippen molar-refractivity contribution in [3.63, 3.8) is 0 Å². The largest absolute Gasteiger partial charge is 0.514 e. The van der Waals surface area contributed by atoms with Crippen molar-refractivity contribution < 1.29 is 48.0 Å². The SMILES string of the molecule is CCCC(C)OC(=O)Oc1ccc(C[C@](N)(C(=O)O)[C@H](C)[C@H](C)OC(=O)C(C)(C)CC)cc1OC(=O)OC(C)CCC. The van der Waals surface area contributed by atoms with Gasteiger partial charge >= 0.3 is 24.2 Å². The van der Waals surface area contributed by atoms with Crippen LogP contribution < -0.4 is 15.2 Å². The van der Waals surface area contributed by atoms with Gasteiger partial charge in [-0.2, -0.15) is 0 Å². The Bertz CT molecular complexity index is 1070. The Morgan fingerprint density at radius 3 is 1.79 bits per heavy atom. The van der Waals surface area contributed by atoms with E-state index in [4.69, 9.17) is 29.4 Å². The molecule has 1 aromatic rings. The number of carbonyl (C=O) groups excluding carboxylic acids is 3. The van der Waals surface area contributed by atoms with E-state index in [9.17, 15) is 24.3 Å². The molecule has 0 aliphatic rings. The van der Waals surface area contributed by atoms with Crippen LogP contribution in [-0.2, 0) is 30.2 Å². The number of ether oxygens (including phenoxy) is 5. The van der Waals surface area contributed by atoms with E-state index in [-0.39, 0.29) is 24.0 Å². The fourth-order valence-electron chi connectivity index (χ4n) is 4.08. The first kappa shape index (κ1) is 36.7. The van der Waals surface area contributed by atoms with Crippen molar-refractivity contribution in [1.29, 1.82) is 0 Å². The minimum Gasteiger partial charge on any atom is -0.480 e. The first-order valence-corrected chi connectivity index (χ1v) is 14.6. The van der Waals surface area contributed by atoms with Crippen LogP contribution in [0.1, 0.15) is 100.0 Å². The summed E-state index contributed by atoms with van der Waals surface area (Å²) >= 11 is 0. The van der Waals surface area contributed by atoms with Crippen molar-refractivity contribution in [2.75, 3.05) is 0 Å². The van der Waals surface area contributed by atoms with Crippen LogP contribution in [0.4, 0.5) is 9.59 Å². The fourth-order valence-corrected chi connectivity index (χ4v) is 4.08. The summed E-state index contributed by atoms with van der Waals surface area (Å²) in [5.74, 6) is -2.88. The van der Waals surface area contributed by atoms with Crippen LogP contribution in [0, 0.1) is 11.3 Å². The summed E-state index contributed by atoms with van der Waals surface area (Å²) in [4.78, 5) is 50.0. The summed E-state index contributed by atoms with van der Waals surface area (Å²) < 4.78 is 26.8. The van der Waals surface area contributed by atoms with E-state index in [1.54, 1.807) is 41.5 Å². The van der Waals surface area contributed by atoms with Crippen molar-refractivity contribution in [2.24, 2.45) is 17.1 Å². The molecular formula is C31H49NO10. The molecule has 0 spiro atoms. The number of rotatable bonds is 16. The van der Waals surface area contributed by atoms with Gasteiger partial charge in [0.1, 0.15) is 23.9 Å². The minimum absolute atomic E-state index is 0.123. The molecule has 0 radical (unpaired) electrons. The predicted molar refractivity (Wildman–Crippen MR) is 156 cm³/mol. The predicted octanol–water partition coefficient (Wildman–Crippen LogP) is 6.42. The second kappa shape index (κ2) is 16.3. The lowest BCUT2D eigenvalue weighted by Crippen LogP contribution is -2.58. The quantitative estimate of drug-likeness (QED) is 0.123. The number of benzene rings is 1. The summed E-state index contributed by atoms with van der Waals surface area (Å²) in [6.45, 7) is 15.9. The number of hydrogen-bond donors (Lipinski definition) is 2. The van der Waals surface area contributed by atoms with Gasteiger partial charge in [0, 0.05) is 12.3 Å². The molecule has 0 bridgehead atoms. The van der Waals surface area contributed by atoms with Gasteiger partial charge in [0.25, 0.3) is 0 Å². The van der Waals surface area contributed by atoms with Crippen LogP contribution in [0.2, 0.25) is 0 Å². The topological polar surface area (TPSA) is 161 Å². The molecule has 3 N–H and O–H groups in total. The second-order valence-electron chi connectivity index (χ2n) is 11.6.